The van der Waals surface area contributed by atoms with Crippen LogP contribution in [0.1, 0.15) is 65.1 Å². The number of amides is 1. The van der Waals surface area contributed by atoms with Crippen LogP contribution in [0.2, 0.25) is 0 Å². The molecule has 0 spiro atoms. The van der Waals surface area contributed by atoms with Gasteiger partial charge in [0.25, 0.3) is 12.3 Å². The molecule has 1 aromatic carbocycles. The Labute approximate surface area is 234 Å². The lowest BCUT2D eigenvalue weighted by molar-refractivity contribution is 0.0935. The van der Waals surface area contributed by atoms with Gasteiger partial charge in [0, 0.05) is 24.5 Å². The number of nitrogens with one attached hydrogen (secondary N) is 1. The fourth-order valence-corrected chi connectivity index (χ4v) is 5.04. The van der Waals surface area contributed by atoms with Crippen LogP contribution in [0, 0.1) is 11.8 Å². The zero-order valence-electron chi connectivity index (χ0n) is 22.1. The molecular formula is C31H25F2N7O. The van der Waals surface area contributed by atoms with Crippen molar-refractivity contribution in [3.8, 4) is 28.9 Å². The number of rotatable bonds is 5. The predicted molar refractivity (Wildman–Crippen MR) is 151 cm³/mol. The average Bonchev–Trinajstić information content (AvgIpc) is 3.56. The molecule has 10 heteroatoms. The van der Waals surface area contributed by atoms with E-state index in [1.807, 2.05) is 47.9 Å². The first-order chi connectivity index (χ1) is 19.9. The summed E-state index contributed by atoms with van der Waals surface area (Å²) in [6, 6.07) is 15.8. The van der Waals surface area contributed by atoms with E-state index in [9.17, 15) is 13.6 Å². The van der Waals surface area contributed by atoms with E-state index in [-0.39, 0.29) is 23.2 Å². The van der Waals surface area contributed by atoms with Gasteiger partial charge < -0.3 is 11.1 Å². The summed E-state index contributed by atoms with van der Waals surface area (Å²) in [4.78, 5) is 30.5. The number of pyridine rings is 3. The van der Waals surface area contributed by atoms with Gasteiger partial charge in [-0.1, -0.05) is 18.9 Å². The van der Waals surface area contributed by atoms with Crippen LogP contribution in [0.25, 0.3) is 28.2 Å². The summed E-state index contributed by atoms with van der Waals surface area (Å²) in [5, 5.41) is 3.02. The molecule has 0 saturated heterocycles. The van der Waals surface area contributed by atoms with Gasteiger partial charge in [-0.2, -0.15) is 0 Å². The van der Waals surface area contributed by atoms with Gasteiger partial charge in [-0.15, -0.1) is 0 Å². The maximum atomic E-state index is 12.8. The molecule has 0 saturated carbocycles. The molecule has 0 bridgehead atoms. The molecular weight excluding hydrogens is 524 g/mol. The summed E-state index contributed by atoms with van der Waals surface area (Å²) in [5.74, 6) is 6.77. The van der Waals surface area contributed by atoms with Gasteiger partial charge in [0.1, 0.15) is 22.7 Å². The van der Waals surface area contributed by atoms with Crippen LogP contribution in [-0.4, -0.2) is 30.4 Å². The number of halogens is 2. The number of benzene rings is 1. The number of hydrogen-bond acceptors (Lipinski definition) is 6. The number of nitrogen functional groups attached to an aromatic ring is 1. The van der Waals surface area contributed by atoms with Crippen molar-refractivity contribution in [1.82, 2.24) is 29.8 Å². The number of aryl methyl sites for hydroxylation is 1. The van der Waals surface area contributed by atoms with Gasteiger partial charge in [0.2, 0.25) is 0 Å². The van der Waals surface area contributed by atoms with Crippen LogP contribution in [0.4, 0.5) is 14.6 Å². The minimum Gasteiger partial charge on any atom is -0.383 e. The highest BCUT2D eigenvalue weighted by Crippen LogP contribution is 2.36. The van der Waals surface area contributed by atoms with Crippen molar-refractivity contribution in [2.75, 3.05) is 5.73 Å². The third-order valence-electron chi connectivity index (χ3n) is 7.02. The Kier molecular flexibility index (Phi) is 6.85. The lowest BCUT2D eigenvalue weighted by Gasteiger charge is -2.16. The summed E-state index contributed by atoms with van der Waals surface area (Å²) in [7, 11) is 0. The SMILES string of the molecule is CCC#Cc1ccc2nc(-c3cccnc3N)n(-c3ccc4c(c3)CC[C@@H]4NC(=O)c3ccc(C(F)F)nc3)c2n1. The Bertz CT molecular complexity index is 1840. The Morgan fingerprint density at radius 1 is 1.15 bits per heavy atom. The minimum absolute atomic E-state index is 0.219. The topological polar surface area (TPSA) is 112 Å². The summed E-state index contributed by atoms with van der Waals surface area (Å²) < 4.78 is 27.6. The van der Waals surface area contributed by atoms with Crippen LogP contribution in [-0.2, 0) is 6.42 Å². The van der Waals surface area contributed by atoms with E-state index < -0.39 is 6.43 Å². The number of nitrogens with two attached hydrogens (primary N) is 1. The van der Waals surface area contributed by atoms with E-state index in [2.05, 4.69) is 33.2 Å². The van der Waals surface area contributed by atoms with Crippen LogP contribution in [0.5, 0.6) is 0 Å². The maximum Gasteiger partial charge on any atom is 0.280 e. The number of alkyl halides is 2. The summed E-state index contributed by atoms with van der Waals surface area (Å²) in [5.41, 5.74) is 11.7. The number of carbonyl (C=O) groups excluding carboxylic acids is 1. The number of carbonyl (C=O) groups is 1. The van der Waals surface area contributed by atoms with E-state index in [0.717, 1.165) is 29.7 Å². The van der Waals surface area contributed by atoms with E-state index in [0.29, 0.717) is 40.5 Å². The smallest absolute Gasteiger partial charge is 0.280 e. The largest absolute Gasteiger partial charge is 0.383 e. The molecule has 1 aliphatic carbocycles. The summed E-state index contributed by atoms with van der Waals surface area (Å²) >= 11 is 0. The second-order valence-corrected chi connectivity index (χ2v) is 9.62. The highest BCUT2D eigenvalue weighted by Gasteiger charge is 2.26. The Hall–Kier alpha value is -5.17. The zero-order valence-corrected chi connectivity index (χ0v) is 22.1. The molecule has 6 rings (SSSR count). The van der Waals surface area contributed by atoms with E-state index in [1.165, 1.54) is 18.3 Å². The standard InChI is InChI=1S/C31H25F2N7O/c1-2-3-5-20-9-14-26-30(37-20)40(29(38-26)23-6-4-15-35-28(23)34)21-10-11-22-18(16-21)7-12-24(22)39-31(41)19-8-13-25(27(32)33)36-17-19/h4,6,8-11,13-17,24,27H,2,7,12H2,1H3,(H2,34,35)(H,39,41)/t24-/m0/s1. The van der Waals surface area contributed by atoms with Crippen molar-refractivity contribution in [3.63, 3.8) is 0 Å². The van der Waals surface area contributed by atoms with Crippen molar-refractivity contribution in [3.05, 3.63) is 95.1 Å². The quantitative estimate of drug-likeness (QED) is 0.277. The molecule has 1 aliphatic rings. The van der Waals surface area contributed by atoms with Crippen LogP contribution in [0.3, 0.4) is 0 Å². The molecule has 1 atom stereocenters. The van der Waals surface area contributed by atoms with Gasteiger partial charge in [-0.3, -0.25) is 14.3 Å². The van der Waals surface area contributed by atoms with Crippen molar-refractivity contribution in [1.29, 1.82) is 0 Å². The fraction of sp³-hybridized carbons (Fsp3) is 0.194. The average molecular weight is 550 g/mol. The number of anilines is 1. The number of nitrogens with zero attached hydrogens (tertiary/aromatic N) is 5. The fourth-order valence-electron chi connectivity index (χ4n) is 5.04. The van der Waals surface area contributed by atoms with Crippen molar-refractivity contribution in [2.24, 2.45) is 0 Å². The molecule has 8 nitrogen and oxygen atoms in total. The normalized spacial score (nSPS) is 14.1. The van der Waals surface area contributed by atoms with Crippen molar-refractivity contribution in [2.45, 2.75) is 38.7 Å². The van der Waals surface area contributed by atoms with Gasteiger partial charge in [-0.25, -0.2) is 23.7 Å². The molecule has 0 radical (unpaired) electrons. The Balaban J connectivity index is 1.37. The van der Waals surface area contributed by atoms with E-state index in [1.54, 1.807) is 6.20 Å². The van der Waals surface area contributed by atoms with E-state index in [4.69, 9.17) is 15.7 Å². The third kappa shape index (κ3) is 4.98. The molecule has 3 N–H and O–H groups in total. The monoisotopic (exact) mass is 549 g/mol. The highest BCUT2D eigenvalue weighted by molar-refractivity contribution is 5.94. The van der Waals surface area contributed by atoms with Crippen molar-refractivity contribution < 1.29 is 13.6 Å². The molecule has 5 aromatic rings. The predicted octanol–water partition coefficient (Wildman–Crippen LogP) is 5.58. The lowest BCUT2D eigenvalue weighted by atomic mass is 10.1. The number of fused-ring (bicyclic) bond motifs is 2. The van der Waals surface area contributed by atoms with Crippen LogP contribution < -0.4 is 11.1 Å². The molecule has 204 valence electrons. The first-order valence-electron chi connectivity index (χ1n) is 13.2. The second kappa shape index (κ2) is 10.8. The van der Waals surface area contributed by atoms with Gasteiger partial charge >= 0.3 is 0 Å². The minimum atomic E-state index is -2.68. The highest BCUT2D eigenvalue weighted by atomic mass is 19.3. The molecule has 4 heterocycles. The lowest BCUT2D eigenvalue weighted by Crippen LogP contribution is -2.27. The molecule has 0 fully saturated rings. The van der Waals surface area contributed by atoms with Crippen molar-refractivity contribution >= 4 is 22.9 Å². The van der Waals surface area contributed by atoms with Gasteiger partial charge in [0.15, 0.2) is 11.5 Å². The van der Waals surface area contributed by atoms with Crippen LogP contribution in [0.15, 0.2) is 67.0 Å². The summed E-state index contributed by atoms with van der Waals surface area (Å²) in [6.07, 6.45) is 2.30. The zero-order chi connectivity index (χ0) is 28.5. The Morgan fingerprint density at radius 2 is 2.02 bits per heavy atom. The molecule has 0 aliphatic heterocycles. The molecule has 4 aromatic heterocycles. The third-order valence-corrected chi connectivity index (χ3v) is 7.02. The first-order valence-corrected chi connectivity index (χ1v) is 13.2. The summed E-state index contributed by atoms with van der Waals surface area (Å²) in [6.45, 7) is 1.99. The van der Waals surface area contributed by atoms with E-state index >= 15 is 0 Å². The van der Waals surface area contributed by atoms with Gasteiger partial charge in [-0.05, 0) is 78.4 Å². The molecule has 1 amide bonds. The molecule has 41 heavy (non-hydrogen) atoms. The first kappa shape index (κ1) is 26.1. The van der Waals surface area contributed by atoms with Crippen LogP contribution >= 0.6 is 0 Å². The second-order valence-electron chi connectivity index (χ2n) is 9.62. The molecule has 0 unspecified atom stereocenters. The number of hydrogen-bond donors (Lipinski definition) is 2. The van der Waals surface area contributed by atoms with Gasteiger partial charge in [0.05, 0.1) is 17.2 Å². The number of imidazole rings is 1. The Morgan fingerprint density at radius 3 is 2.78 bits per heavy atom. The number of aromatic nitrogens is 5. The maximum absolute atomic E-state index is 12.8.